The molecule has 1 amide bonds. The van der Waals surface area contributed by atoms with Gasteiger partial charge >= 0.3 is 0 Å². The summed E-state index contributed by atoms with van der Waals surface area (Å²) in [6.45, 7) is 1.64. The zero-order valence-corrected chi connectivity index (χ0v) is 17.0. The molecule has 0 saturated heterocycles. The van der Waals surface area contributed by atoms with Crippen LogP contribution in [0.5, 0.6) is 11.5 Å². The van der Waals surface area contributed by atoms with Crippen molar-refractivity contribution in [1.82, 2.24) is 4.31 Å². The Balaban J connectivity index is 1.92. The second kappa shape index (κ2) is 8.20. The Bertz CT molecular complexity index is 953. The lowest BCUT2D eigenvalue weighted by Crippen LogP contribution is -2.32. The van der Waals surface area contributed by atoms with Crippen LogP contribution in [-0.2, 0) is 21.4 Å². The lowest BCUT2D eigenvalue weighted by Gasteiger charge is -2.23. The van der Waals surface area contributed by atoms with Gasteiger partial charge in [-0.15, -0.1) is 0 Å². The van der Waals surface area contributed by atoms with E-state index >= 15 is 0 Å². The number of carbonyl (C=O) groups excluding carboxylic acids is 1. The van der Waals surface area contributed by atoms with E-state index in [2.05, 4.69) is 5.32 Å². The molecule has 1 aliphatic rings. The molecule has 8 heteroatoms. The van der Waals surface area contributed by atoms with Gasteiger partial charge in [-0.05, 0) is 48.7 Å². The van der Waals surface area contributed by atoms with Crippen LogP contribution >= 0.6 is 0 Å². The summed E-state index contributed by atoms with van der Waals surface area (Å²) in [5.41, 5.74) is 1.21. The molecule has 3 rings (SSSR count). The quantitative estimate of drug-likeness (QED) is 0.731. The Kier molecular flexibility index (Phi) is 5.90. The second-order valence-electron chi connectivity index (χ2n) is 6.67. The van der Waals surface area contributed by atoms with Crippen molar-refractivity contribution in [2.75, 3.05) is 19.5 Å². The summed E-state index contributed by atoms with van der Waals surface area (Å²) in [4.78, 5) is 11.6. The number of hydrogen-bond donors (Lipinski definition) is 1. The minimum Gasteiger partial charge on any atom is -0.497 e. The third-order valence-corrected chi connectivity index (χ3v) is 6.43. The SMILES string of the molecule is COc1ccc(CN(C2CC2)S(=O)(=O)c2ccc(OC)c(NC(C)=O)c2)cc1. The molecule has 0 aromatic heterocycles. The monoisotopic (exact) mass is 404 g/mol. The molecule has 0 atom stereocenters. The normalized spacial score (nSPS) is 14.0. The summed E-state index contributed by atoms with van der Waals surface area (Å²) in [5.74, 6) is 0.826. The molecule has 1 saturated carbocycles. The van der Waals surface area contributed by atoms with Crippen LogP contribution in [0.15, 0.2) is 47.4 Å². The number of nitrogens with one attached hydrogen (secondary N) is 1. The average molecular weight is 404 g/mol. The summed E-state index contributed by atoms with van der Waals surface area (Å²) in [7, 11) is -0.683. The minimum atomic E-state index is -3.74. The van der Waals surface area contributed by atoms with Crippen molar-refractivity contribution in [1.29, 1.82) is 0 Å². The number of methoxy groups -OCH3 is 2. The van der Waals surface area contributed by atoms with Gasteiger partial charge in [0, 0.05) is 19.5 Å². The van der Waals surface area contributed by atoms with Gasteiger partial charge < -0.3 is 14.8 Å². The summed E-state index contributed by atoms with van der Waals surface area (Å²) in [6, 6.07) is 11.8. The number of anilines is 1. The van der Waals surface area contributed by atoms with Gasteiger partial charge in [0.05, 0.1) is 24.8 Å². The van der Waals surface area contributed by atoms with Gasteiger partial charge in [-0.1, -0.05) is 12.1 Å². The van der Waals surface area contributed by atoms with E-state index in [4.69, 9.17) is 9.47 Å². The lowest BCUT2D eigenvalue weighted by atomic mass is 10.2. The van der Waals surface area contributed by atoms with E-state index in [-0.39, 0.29) is 23.4 Å². The standard InChI is InChI=1S/C20H24N2O5S/c1-14(23)21-19-12-18(10-11-20(19)27-3)28(24,25)22(16-6-7-16)13-15-4-8-17(26-2)9-5-15/h4-5,8-12,16H,6-7,13H2,1-3H3,(H,21,23). The maximum Gasteiger partial charge on any atom is 0.243 e. The Morgan fingerprint density at radius 1 is 1.11 bits per heavy atom. The number of sulfonamides is 1. The number of benzene rings is 2. The van der Waals surface area contributed by atoms with Gasteiger partial charge in [0.15, 0.2) is 0 Å². The predicted octanol–water partition coefficient (Wildman–Crippen LogP) is 3.02. The van der Waals surface area contributed by atoms with Gasteiger partial charge in [0.2, 0.25) is 15.9 Å². The van der Waals surface area contributed by atoms with Crippen LogP contribution in [0.1, 0.15) is 25.3 Å². The molecule has 0 aliphatic heterocycles. The third kappa shape index (κ3) is 4.45. The average Bonchev–Trinajstić information content (AvgIpc) is 3.51. The lowest BCUT2D eigenvalue weighted by molar-refractivity contribution is -0.114. The Morgan fingerprint density at radius 3 is 2.32 bits per heavy atom. The van der Waals surface area contributed by atoms with Gasteiger partial charge in [0.1, 0.15) is 11.5 Å². The van der Waals surface area contributed by atoms with Gasteiger partial charge in [-0.3, -0.25) is 4.79 Å². The fraction of sp³-hybridized carbons (Fsp3) is 0.350. The van der Waals surface area contributed by atoms with Crippen LogP contribution in [-0.4, -0.2) is 38.9 Å². The van der Waals surface area contributed by atoms with Crippen molar-refractivity contribution in [3.8, 4) is 11.5 Å². The van der Waals surface area contributed by atoms with E-state index in [0.29, 0.717) is 11.4 Å². The van der Waals surface area contributed by atoms with E-state index in [1.807, 2.05) is 24.3 Å². The van der Waals surface area contributed by atoms with Crippen molar-refractivity contribution in [2.24, 2.45) is 0 Å². The first-order valence-electron chi connectivity index (χ1n) is 8.95. The summed E-state index contributed by atoms with van der Waals surface area (Å²) in [5, 5.41) is 2.62. The molecule has 0 unspecified atom stereocenters. The van der Waals surface area contributed by atoms with Crippen LogP contribution in [0.3, 0.4) is 0 Å². The molecule has 0 spiro atoms. The number of rotatable bonds is 8. The smallest absolute Gasteiger partial charge is 0.243 e. The van der Waals surface area contributed by atoms with Crippen molar-refractivity contribution in [3.05, 3.63) is 48.0 Å². The Hall–Kier alpha value is -2.58. The van der Waals surface area contributed by atoms with E-state index < -0.39 is 10.0 Å². The highest BCUT2D eigenvalue weighted by molar-refractivity contribution is 7.89. The molecule has 150 valence electrons. The van der Waals surface area contributed by atoms with E-state index in [1.54, 1.807) is 13.2 Å². The van der Waals surface area contributed by atoms with Crippen molar-refractivity contribution < 1.29 is 22.7 Å². The number of amides is 1. The molecule has 0 heterocycles. The number of ether oxygens (including phenoxy) is 2. The van der Waals surface area contributed by atoms with E-state index in [1.165, 1.54) is 30.5 Å². The molecular weight excluding hydrogens is 380 g/mol. The highest BCUT2D eigenvalue weighted by atomic mass is 32.2. The second-order valence-corrected chi connectivity index (χ2v) is 8.56. The highest BCUT2D eigenvalue weighted by Crippen LogP contribution is 2.36. The fourth-order valence-electron chi connectivity index (χ4n) is 2.95. The number of nitrogens with zero attached hydrogens (tertiary/aromatic N) is 1. The molecule has 1 fully saturated rings. The van der Waals surface area contributed by atoms with Crippen LogP contribution in [0.2, 0.25) is 0 Å². The summed E-state index contributed by atoms with van der Waals surface area (Å²) < 4.78 is 38.6. The van der Waals surface area contributed by atoms with Crippen molar-refractivity contribution >= 4 is 21.6 Å². The highest BCUT2D eigenvalue weighted by Gasteiger charge is 2.38. The van der Waals surface area contributed by atoms with E-state index in [9.17, 15) is 13.2 Å². The van der Waals surface area contributed by atoms with Gasteiger partial charge in [-0.25, -0.2) is 8.42 Å². The van der Waals surface area contributed by atoms with Crippen molar-refractivity contribution in [3.63, 3.8) is 0 Å². The number of hydrogen-bond acceptors (Lipinski definition) is 5. The Morgan fingerprint density at radius 2 is 1.79 bits per heavy atom. The first kappa shape index (κ1) is 20.2. The first-order chi connectivity index (χ1) is 13.3. The van der Waals surface area contributed by atoms with Crippen LogP contribution in [0.4, 0.5) is 5.69 Å². The zero-order chi connectivity index (χ0) is 20.3. The molecular formula is C20H24N2O5S. The number of carbonyl (C=O) groups is 1. The minimum absolute atomic E-state index is 0.0154. The van der Waals surface area contributed by atoms with Gasteiger partial charge in [0.25, 0.3) is 0 Å². The maximum absolute atomic E-state index is 13.3. The van der Waals surface area contributed by atoms with E-state index in [0.717, 1.165) is 24.2 Å². The zero-order valence-electron chi connectivity index (χ0n) is 16.1. The molecule has 7 nitrogen and oxygen atoms in total. The topological polar surface area (TPSA) is 84.9 Å². The summed E-state index contributed by atoms with van der Waals surface area (Å²) in [6.07, 6.45) is 1.67. The molecule has 28 heavy (non-hydrogen) atoms. The largest absolute Gasteiger partial charge is 0.497 e. The molecule has 1 aliphatic carbocycles. The first-order valence-corrected chi connectivity index (χ1v) is 10.4. The molecule has 2 aromatic carbocycles. The van der Waals surface area contributed by atoms with Crippen LogP contribution in [0.25, 0.3) is 0 Å². The van der Waals surface area contributed by atoms with Crippen LogP contribution < -0.4 is 14.8 Å². The van der Waals surface area contributed by atoms with Crippen molar-refractivity contribution in [2.45, 2.75) is 37.2 Å². The molecule has 0 bridgehead atoms. The summed E-state index contributed by atoms with van der Waals surface area (Å²) >= 11 is 0. The maximum atomic E-state index is 13.3. The molecule has 2 aromatic rings. The predicted molar refractivity (Wildman–Crippen MR) is 106 cm³/mol. The van der Waals surface area contributed by atoms with Crippen LogP contribution in [0, 0.1) is 0 Å². The van der Waals surface area contributed by atoms with Gasteiger partial charge in [-0.2, -0.15) is 4.31 Å². The molecule has 0 radical (unpaired) electrons. The Labute approximate surface area is 165 Å². The molecule has 1 N–H and O–H groups in total. The third-order valence-electron chi connectivity index (χ3n) is 4.54. The fourth-order valence-corrected chi connectivity index (χ4v) is 4.65.